The Morgan fingerprint density at radius 1 is 0.960 bits per heavy atom. The average molecular weight is 704 g/mol. The molecule has 1 saturated heterocycles. The highest BCUT2D eigenvalue weighted by Gasteiger charge is 2.33. The lowest BCUT2D eigenvalue weighted by molar-refractivity contribution is -0.126. The molecule has 0 aromatic heterocycles. The van der Waals surface area contributed by atoms with Gasteiger partial charge in [0.15, 0.2) is 0 Å². The number of amides is 2. The van der Waals surface area contributed by atoms with Gasteiger partial charge in [-0.3, -0.25) is 14.5 Å². The van der Waals surface area contributed by atoms with E-state index in [9.17, 15) is 19.5 Å². The number of carbonyl (C=O) groups excluding carboxylic acids is 3. The second-order valence-corrected chi connectivity index (χ2v) is 14.8. The number of ether oxygens (including phenoxy) is 3. The van der Waals surface area contributed by atoms with E-state index in [0.717, 1.165) is 55.3 Å². The molecule has 2 amide bonds. The topological polar surface area (TPSA) is 126 Å². The molecule has 2 aliphatic rings. The molecule has 5 rings (SSSR count). The molecular weight excluding hydrogens is 655 g/mol. The Balaban J connectivity index is 1.32. The monoisotopic (exact) mass is 703 g/mol. The van der Waals surface area contributed by atoms with E-state index in [0.29, 0.717) is 30.8 Å². The predicted molar refractivity (Wildman–Crippen MR) is 194 cm³/mol. The largest absolute Gasteiger partial charge is 0.492 e. The van der Waals surface area contributed by atoms with Gasteiger partial charge in [-0.05, 0) is 68.9 Å². The first kappa shape index (κ1) is 37.4. The molecule has 268 valence electrons. The number of carbonyl (C=O) groups is 3. The van der Waals surface area contributed by atoms with Crippen molar-refractivity contribution in [2.75, 3.05) is 45.2 Å². The normalized spacial score (nSPS) is 18.3. The van der Waals surface area contributed by atoms with E-state index in [1.54, 1.807) is 26.8 Å². The number of nitrogens with zero attached hydrogens (tertiary/aromatic N) is 1. The second kappa shape index (κ2) is 17.8. The molecule has 50 heavy (non-hydrogen) atoms. The SMILES string of the molecule is CC(C)(C)OC(=O)N[C@@H](Cc1ccccc1)[C@@H](O)C[C@@H](Cc1ccc(OCCN2CCOCC2)cc1)C(=O)N[C@@H]1CSC(=O)c2ccccc21. The van der Waals surface area contributed by atoms with Gasteiger partial charge in [0.25, 0.3) is 0 Å². The Kier molecular flexibility index (Phi) is 13.3. The number of thioether (sulfide) groups is 1. The number of aliphatic hydroxyl groups is 1. The van der Waals surface area contributed by atoms with Gasteiger partial charge in [0.05, 0.1) is 31.4 Å². The zero-order chi connectivity index (χ0) is 35.5. The zero-order valence-electron chi connectivity index (χ0n) is 29.1. The van der Waals surface area contributed by atoms with Crippen LogP contribution in [0, 0.1) is 5.92 Å². The van der Waals surface area contributed by atoms with Crippen LogP contribution in [0.4, 0.5) is 4.79 Å². The molecule has 2 heterocycles. The van der Waals surface area contributed by atoms with E-state index in [2.05, 4.69) is 15.5 Å². The number of morpholine rings is 1. The zero-order valence-corrected chi connectivity index (χ0v) is 30.0. The van der Waals surface area contributed by atoms with Gasteiger partial charge in [0, 0.05) is 36.9 Å². The van der Waals surface area contributed by atoms with Crippen LogP contribution in [-0.4, -0.2) is 90.1 Å². The van der Waals surface area contributed by atoms with Gasteiger partial charge in [0.2, 0.25) is 11.0 Å². The molecule has 10 nitrogen and oxygen atoms in total. The van der Waals surface area contributed by atoms with Crippen LogP contribution in [0.3, 0.4) is 0 Å². The molecule has 3 aromatic carbocycles. The Hall–Kier alpha value is -3.90. The summed E-state index contributed by atoms with van der Waals surface area (Å²) in [6.07, 6.45) is -0.931. The van der Waals surface area contributed by atoms with Crippen molar-refractivity contribution in [1.29, 1.82) is 0 Å². The van der Waals surface area contributed by atoms with E-state index in [-0.39, 0.29) is 23.5 Å². The van der Waals surface area contributed by atoms with Crippen LogP contribution in [0.5, 0.6) is 5.75 Å². The molecule has 0 radical (unpaired) electrons. The highest BCUT2D eigenvalue weighted by Crippen LogP contribution is 2.32. The van der Waals surface area contributed by atoms with E-state index >= 15 is 0 Å². The van der Waals surface area contributed by atoms with Crippen molar-refractivity contribution in [2.45, 2.75) is 63.8 Å². The number of aliphatic hydroxyl groups excluding tert-OH is 1. The van der Waals surface area contributed by atoms with Crippen molar-refractivity contribution in [2.24, 2.45) is 5.92 Å². The van der Waals surface area contributed by atoms with E-state index in [1.165, 1.54) is 11.8 Å². The maximum absolute atomic E-state index is 14.1. The number of rotatable bonds is 14. The van der Waals surface area contributed by atoms with Crippen LogP contribution >= 0.6 is 11.8 Å². The second-order valence-electron chi connectivity index (χ2n) is 13.8. The van der Waals surface area contributed by atoms with Crippen molar-refractivity contribution >= 4 is 28.9 Å². The third kappa shape index (κ3) is 11.3. The molecule has 3 N–H and O–H groups in total. The van der Waals surface area contributed by atoms with Crippen molar-refractivity contribution in [3.8, 4) is 5.75 Å². The number of hydrogen-bond acceptors (Lipinski definition) is 9. The van der Waals surface area contributed by atoms with Crippen LogP contribution in [0.2, 0.25) is 0 Å². The summed E-state index contributed by atoms with van der Waals surface area (Å²) in [6, 6.07) is 23.6. The summed E-state index contributed by atoms with van der Waals surface area (Å²) in [6.45, 7) is 10.0. The number of fused-ring (bicyclic) bond motifs is 1. The highest BCUT2D eigenvalue weighted by molar-refractivity contribution is 8.14. The smallest absolute Gasteiger partial charge is 0.407 e. The Morgan fingerprint density at radius 3 is 2.36 bits per heavy atom. The first-order valence-electron chi connectivity index (χ1n) is 17.3. The lowest BCUT2D eigenvalue weighted by Crippen LogP contribution is -2.48. The number of nitrogens with one attached hydrogen (secondary N) is 2. The fourth-order valence-corrected chi connectivity index (χ4v) is 7.12. The van der Waals surface area contributed by atoms with Crippen LogP contribution in [0.25, 0.3) is 0 Å². The highest BCUT2D eigenvalue weighted by atomic mass is 32.2. The van der Waals surface area contributed by atoms with Crippen LogP contribution in [-0.2, 0) is 27.1 Å². The molecular formula is C39H49N3O7S. The lowest BCUT2D eigenvalue weighted by Gasteiger charge is -2.30. The quantitative estimate of drug-likeness (QED) is 0.208. The molecule has 0 saturated carbocycles. The van der Waals surface area contributed by atoms with Crippen molar-refractivity contribution in [1.82, 2.24) is 15.5 Å². The molecule has 1 fully saturated rings. The van der Waals surface area contributed by atoms with Crippen LogP contribution < -0.4 is 15.4 Å². The Morgan fingerprint density at radius 2 is 1.64 bits per heavy atom. The molecule has 0 aliphatic carbocycles. The van der Waals surface area contributed by atoms with Crippen molar-refractivity contribution in [3.63, 3.8) is 0 Å². The van der Waals surface area contributed by atoms with E-state index in [4.69, 9.17) is 14.2 Å². The standard InChI is InChI=1S/C39H49N3O7S/c1-39(2,3)49-38(46)41-33(24-27-9-5-4-6-10-27)35(43)25-29(36(44)40-34-26-50-37(45)32-12-8-7-11-31(32)34)23-28-13-15-30(16-14-28)48-22-19-42-17-20-47-21-18-42/h4-16,29,33-35,43H,17-26H2,1-3H3,(H,40,44)(H,41,46)/t29-,33+,34-,35+/m1/s1. The van der Waals surface area contributed by atoms with Gasteiger partial charge in [-0.1, -0.05) is 78.5 Å². The van der Waals surface area contributed by atoms with Crippen molar-refractivity contribution < 1.29 is 33.7 Å². The molecule has 4 atom stereocenters. The summed E-state index contributed by atoms with van der Waals surface area (Å²) in [5.74, 6) is 0.282. The lowest BCUT2D eigenvalue weighted by atomic mass is 9.88. The maximum Gasteiger partial charge on any atom is 0.407 e. The average Bonchev–Trinajstić information content (AvgIpc) is 3.10. The Labute approximate surface area is 299 Å². The van der Waals surface area contributed by atoms with E-state index in [1.807, 2.05) is 72.8 Å². The van der Waals surface area contributed by atoms with Gasteiger partial charge in [-0.2, -0.15) is 0 Å². The minimum atomic E-state index is -1.07. The minimum absolute atomic E-state index is 0.0118. The summed E-state index contributed by atoms with van der Waals surface area (Å²) in [5.41, 5.74) is 2.50. The fourth-order valence-electron chi connectivity index (χ4n) is 6.20. The van der Waals surface area contributed by atoms with Gasteiger partial charge >= 0.3 is 6.09 Å². The van der Waals surface area contributed by atoms with Crippen molar-refractivity contribution in [3.05, 3.63) is 101 Å². The summed E-state index contributed by atoms with van der Waals surface area (Å²) < 4.78 is 16.9. The minimum Gasteiger partial charge on any atom is -0.492 e. The molecule has 2 aliphatic heterocycles. The first-order chi connectivity index (χ1) is 24.0. The molecule has 0 bridgehead atoms. The molecule has 0 unspecified atom stereocenters. The fraction of sp³-hybridized carbons (Fsp3) is 0.462. The van der Waals surface area contributed by atoms with Crippen LogP contribution in [0.1, 0.15) is 60.3 Å². The number of hydrogen-bond donors (Lipinski definition) is 3. The summed E-state index contributed by atoms with van der Waals surface area (Å²) in [4.78, 5) is 41.9. The Bertz CT molecular complexity index is 1560. The van der Waals surface area contributed by atoms with E-state index < -0.39 is 29.8 Å². The third-order valence-electron chi connectivity index (χ3n) is 8.80. The van der Waals surface area contributed by atoms with Gasteiger partial charge < -0.3 is 30.0 Å². The van der Waals surface area contributed by atoms with Gasteiger partial charge in [-0.15, -0.1) is 0 Å². The number of benzene rings is 3. The molecule has 0 spiro atoms. The number of alkyl carbamates (subject to hydrolysis) is 1. The maximum atomic E-state index is 14.1. The molecule has 11 heteroatoms. The predicted octanol–water partition coefficient (Wildman–Crippen LogP) is 5.19. The van der Waals surface area contributed by atoms with Crippen LogP contribution in [0.15, 0.2) is 78.9 Å². The van der Waals surface area contributed by atoms with Gasteiger partial charge in [-0.25, -0.2) is 4.79 Å². The van der Waals surface area contributed by atoms with Gasteiger partial charge in [0.1, 0.15) is 18.0 Å². The first-order valence-corrected chi connectivity index (χ1v) is 18.3. The summed E-state index contributed by atoms with van der Waals surface area (Å²) in [7, 11) is 0. The molecule has 3 aromatic rings. The third-order valence-corrected chi connectivity index (χ3v) is 9.78. The summed E-state index contributed by atoms with van der Waals surface area (Å²) in [5, 5.41) is 17.8. The summed E-state index contributed by atoms with van der Waals surface area (Å²) >= 11 is 1.19.